The van der Waals surface area contributed by atoms with Crippen LogP contribution in [0.25, 0.3) is 0 Å². The van der Waals surface area contributed by atoms with E-state index >= 15 is 0 Å². The van der Waals surface area contributed by atoms with Crippen molar-refractivity contribution in [2.45, 2.75) is 65.8 Å². The number of nitrogens with one attached hydrogen (secondary N) is 1. The van der Waals surface area contributed by atoms with Crippen molar-refractivity contribution in [1.82, 2.24) is 5.32 Å². The second-order valence-corrected chi connectivity index (χ2v) is 6.88. The fourth-order valence-electron chi connectivity index (χ4n) is 3.03. The maximum absolute atomic E-state index is 12.2. The minimum absolute atomic E-state index is 0.000915. The molecule has 0 aliphatic heterocycles. The number of hydrogen-bond acceptors (Lipinski definition) is 2. The average molecular weight is 283 g/mol. The summed E-state index contributed by atoms with van der Waals surface area (Å²) in [6, 6.07) is -0.745. The van der Waals surface area contributed by atoms with Gasteiger partial charge in [-0.2, -0.15) is 0 Å². The van der Waals surface area contributed by atoms with Gasteiger partial charge in [-0.05, 0) is 49.9 Å². The van der Waals surface area contributed by atoms with Crippen molar-refractivity contribution < 1.29 is 14.7 Å². The first-order valence-corrected chi connectivity index (χ1v) is 7.84. The molecular formula is C16H29NO3. The molecule has 0 spiro atoms. The zero-order valence-electron chi connectivity index (χ0n) is 13.2. The van der Waals surface area contributed by atoms with E-state index in [-0.39, 0.29) is 17.7 Å². The van der Waals surface area contributed by atoms with Crippen LogP contribution in [-0.2, 0) is 9.59 Å². The van der Waals surface area contributed by atoms with Crippen molar-refractivity contribution in [3.8, 4) is 0 Å². The maximum Gasteiger partial charge on any atom is 0.326 e. The van der Waals surface area contributed by atoms with E-state index < -0.39 is 12.0 Å². The Hall–Kier alpha value is -1.06. The van der Waals surface area contributed by atoms with Gasteiger partial charge >= 0.3 is 5.97 Å². The minimum Gasteiger partial charge on any atom is -0.480 e. The second kappa shape index (κ2) is 7.65. The molecule has 1 aliphatic carbocycles. The Kier molecular flexibility index (Phi) is 6.50. The van der Waals surface area contributed by atoms with E-state index in [9.17, 15) is 9.59 Å². The molecular weight excluding hydrogens is 254 g/mol. The van der Waals surface area contributed by atoms with Crippen LogP contribution in [0.4, 0.5) is 0 Å². The van der Waals surface area contributed by atoms with Crippen LogP contribution in [0.5, 0.6) is 0 Å². The molecule has 1 amide bonds. The lowest BCUT2D eigenvalue weighted by Gasteiger charge is -2.30. The maximum atomic E-state index is 12.2. The van der Waals surface area contributed by atoms with Gasteiger partial charge in [0.25, 0.3) is 0 Å². The lowest BCUT2D eigenvalue weighted by molar-refractivity contribution is -0.143. The van der Waals surface area contributed by atoms with Gasteiger partial charge in [-0.15, -0.1) is 0 Å². The van der Waals surface area contributed by atoms with E-state index in [0.717, 1.165) is 25.7 Å². The standard InChI is InChI=1S/C16H29NO3/c1-10(2)9-14(16(19)20)17-15(18)13-7-5-12(6-8-13)11(3)4/h10-14H,5-9H2,1-4H3,(H,17,18)(H,19,20)/t12?,13?,14-/m1/s1. The Balaban J connectivity index is 2.48. The van der Waals surface area contributed by atoms with E-state index in [2.05, 4.69) is 19.2 Å². The number of carboxylic acids is 1. The molecule has 1 atom stereocenters. The number of carboxylic acid groups (broad SMARTS) is 1. The quantitative estimate of drug-likeness (QED) is 0.787. The molecule has 116 valence electrons. The van der Waals surface area contributed by atoms with Crippen molar-refractivity contribution in [2.24, 2.45) is 23.7 Å². The fourth-order valence-corrected chi connectivity index (χ4v) is 3.03. The summed E-state index contributed by atoms with van der Waals surface area (Å²) in [5, 5.41) is 11.9. The average Bonchev–Trinajstić information content (AvgIpc) is 2.37. The Morgan fingerprint density at radius 3 is 2.05 bits per heavy atom. The van der Waals surface area contributed by atoms with Crippen LogP contribution < -0.4 is 5.32 Å². The van der Waals surface area contributed by atoms with Gasteiger partial charge in [-0.1, -0.05) is 27.7 Å². The molecule has 1 aliphatic rings. The molecule has 0 aromatic heterocycles. The van der Waals surface area contributed by atoms with Crippen molar-refractivity contribution in [2.75, 3.05) is 0 Å². The van der Waals surface area contributed by atoms with Crippen molar-refractivity contribution in [3.63, 3.8) is 0 Å². The molecule has 0 heterocycles. The van der Waals surface area contributed by atoms with Gasteiger partial charge in [-0.25, -0.2) is 4.79 Å². The minimum atomic E-state index is -0.928. The highest BCUT2D eigenvalue weighted by molar-refractivity contribution is 5.85. The summed E-state index contributed by atoms with van der Waals surface area (Å²) in [5.41, 5.74) is 0. The molecule has 0 unspecified atom stereocenters. The SMILES string of the molecule is CC(C)C[C@@H](NC(=O)C1CCC(C(C)C)CC1)C(=O)O. The Morgan fingerprint density at radius 2 is 1.65 bits per heavy atom. The molecule has 0 saturated heterocycles. The Morgan fingerprint density at radius 1 is 1.10 bits per heavy atom. The van der Waals surface area contributed by atoms with Gasteiger partial charge in [-0.3, -0.25) is 4.79 Å². The van der Waals surface area contributed by atoms with Crippen molar-refractivity contribution in [1.29, 1.82) is 0 Å². The summed E-state index contributed by atoms with van der Waals surface area (Å²) < 4.78 is 0. The number of amides is 1. The Labute approximate surface area is 122 Å². The number of carbonyl (C=O) groups is 2. The third-order valence-electron chi connectivity index (χ3n) is 4.41. The molecule has 0 aromatic carbocycles. The molecule has 2 N–H and O–H groups in total. The molecule has 0 aromatic rings. The van der Waals surface area contributed by atoms with E-state index in [0.29, 0.717) is 18.3 Å². The number of hydrogen-bond donors (Lipinski definition) is 2. The van der Waals surface area contributed by atoms with E-state index in [1.54, 1.807) is 0 Å². The Bertz CT molecular complexity index is 331. The van der Waals surface area contributed by atoms with Crippen LogP contribution in [-0.4, -0.2) is 23.0 Å². The van der Waals surface area contributed by atoms with Gasteiger partial charge in [0.2, 0.25) is 5.91 Å². The number of rotatable bonds is 6. The molecule has 0 bridgehead atoms. The molecule has 4 heteroatoms. The largest absolute Gasteiger partial charge is 0.480 e. The normalized spacial score (nSPS) is 24.7. The summed E-state index contributed by atoms with van der Waals surface area (Å²) in [6.45, 7) is 8.40. The molecule has 1 saturated carbocycles. The predicted molar refractivity (Wildman–Crippen MR) is 79.3 cm³/mol. The van der Waals surface area contributed by atoms with Crippen LogP contribution in [0.1, 0.15) is 59.8 Å². The lowest BCUT2D eigenvalue weighted by Crippen LogP contribution is -2.45. The van der Waals surface area contributed by atoms with Gasteiger partial charge in [0.05, 0.1) is 0 Å². The van der Waals surface area contributed by atoms with Crippen LogP contribution in [0, 0.1) is 23.7 Å². The van der Waals surface area contributed by atoms with Crippen molar-refractivity contribution >= 4 is 11.9 Å². The van der Waals surface area contributed by atoms with Gasteiger partial charge < -0.3 is 10.4 Å². The van der Waals surface area contributed by atoms with Gasteiger partial charge in [0.1, 0.15) is 6.04 Å². The van der Waals surface area contributed by atoms with Crippen LogP contribution >= 0.6 is 0 Å². The molecule has 1 rings (SSSR count). The first-order chi connectivity index (χ1) is 9.31. The lowest BCUT2D eigenvalue weighted by atomic mass is 9.76. The van der Waals surface area contributed by atoms with Gasteiger partial charge in [0.15, 0.2) is 0 Å². The summed E-state index contributed by atoms with van der Waals surface area (Å²) in [6.07, 6.45) is 4.43. The third-order valence-corrected chi connectivity index (χ3v) is 4.41. The van der Waals surface area contributed by atoms with Crippen molar-refractivity contribution in [3.05, 3.63) is 0 Å². The summed E-state index contributed by atoms with van der Waals surface area (Å²) in [7, 11) is 0. The molecule has 0 radical (unpaired) electrons. The first-order valence-electron chi connectivity index (χ1n) is 7.84. The van der Waals surface area contributed by atoms with Gasteiger partial charge in [0, 0.05) is 5.92 Å². The van der Waals surface area contributed by atoms with E-state index in [1.165, 1.54) is 0 Å². The summed E-state index contributed by atoms with van der Waals surface area (Å²) in [4.78, 5) is 23.4. The van der Waals surface area contributed by atoms with E-state index in [1.807, 2.05) is 13.8 Å². The first kappa shape index (κ1) is 17.0. The predicted octanol–water partition coefficient (Wildman–Crippen LogP) is 3.06. The third kappa shape index (κ3) is 5.14. The topological polar surface area (TPSA) is 66.4 Å². The second-order valence-electron chi connectivity index (χ2n) is 6.88. The van der Waals surface area contributed by atoms with Crippen LogP contribution in [0.3, 0.4) is 0 Å². The highest BCUT2D eigenvalue weighted by Gasteiger charge is 2.30. The highest BCUT2D eigenvalue weighted by Crippen LogP contribution is 2.33. The fraction of sp³-hybridized carbons (Fsp3) is 0.875. The van der Waals surface area contributed by atoms with Crippen LogP contribution in [0.15, 0.2) is 0 Å². The molecule has 20 heavy (non-hydrogen) atoms. The smallest absolute Gasteiger partial charge is 0.326 e. The molecule has 4 nitrogen and oxygen atoms in total. The summed E-state index contributed by atoms with van der Waals surface area (Å²) in [5.74, 6) is 0.645. The van der Waals surface area contributed by atoms with E-state index in [4.69, 9.17) is 5.11 Å². The highest BCUT2D eigenvalue weighted by atomic mass is 16.4. The zero-order chi connectivity index (χ0) is 15.3. The number of carbonyl (C=O) groups excluding carboxylic acids is 1. The number of aliphatic carboxylic acids is 1. The molecule has 1 fully saturated rings. The zero-order valence-corrected chi connectivity index (χ0v) is 13.2. The summed E-state index contributed by atoms with van der Waals surface area (Å²) >= 11 is 0. The van der Waals surface area contributed by atoms with Crippen LogP contribution in [0.2, 0.25) is 0 Å². The monoisotopic (exact) mass is 283 g/mol.